The Morgan fingerprint density at radius 1 is 1.26 bits per heavy atom. The molecule has 0 bridgehead atoms. The normalized spacial score (nSPS) is 20.2. The number of aromatic nitrogens is 4. The lowest BCUT2D eigenvalue weighted by Crippen LogP contribution is -2.70. The molecule has 1 aromatic carbocycles. The van der Waals surface area contributed by atoms with E-state index >= 15 is 0 Å². The molecule has 1 saturated heterocycles. The molecule has 1 fully saturated rings. The fourth-order valence-electron chi connectivity index (χ4n) is 3.50. The third kappa shape index (κ3) is 5.12. The van der Waals surface area contributed by atoms with Gasteiger partial charge in [0.05, 0.1) is 0 Å². The molecule has 16 heteroatoms. The zero-order valence-corrected chi connectivity index (χ0v) is 20.0. The van der Waals surface area contributed by atoms with Crippen LogP contribution in [0.15, 0.2) is 40.7 Å². The number of thioether (sulfide) groups is 2. The van der Waals surface area contributed by atoms with Crippen molar-refractivity contribution >= 4 is 58.9 Å². The minimum atomic E-state index is -1.53. The van der Waals surface area contributed by atoms with Crippen LogP contribution in [0.2, 0.25) is 5.02 Å². The van der Waals surface area contributed by atoms with E-state index in [9.17, 15) is 29.4 Å². The largest absolute Gasteiger partial charge is 0.480 e. The van der Waals surface area contributed by atoms with E-state index in [4.69, 9.17) is 16.7 Å². The molecule has 0 saturated carbocycles. The van der Waals surface area contributed by atoms with Crippen LogP contribution in [0.5, 0.6) is 0 Å². The van der Waals surface area contributed by atoms with Crippen molar-refractivity contribution in [2.24, 2.45) is 0 Å². The van der Waals surface area contributed by atoms with E-state index in [-0.39, 0.29) is 22.4 Å². The van der Waals surface area contributed by atoms with Gasteiger partial charge in [0.1, 0.15) is 23.7 Å². The predicted molar refractivity (Wildman–Crippen MR) is 122 cm³/mol. The number of carboxylic acid groups (broad SMARTS) is 2. The van der Waals surface area contributed by atoms with Gasteiger partial charge in [-0.05, 0) is 33.7 Å². The number of rotatable bonds is 9. The molecule has 0 aliphatic carbocycles. The van der Waals surface area contributed by atoms with Gasteiger partial charge in [-0.15, -0.1) is 16.9 Å². The second-order valence-corrected chi connectivity index (χ2v) is 9.89. The van der Waals surface area contributed by atoms with Crippen molar-refractivity contribution in [2.45, 2.75) is 29.2 Å². The molecule has 2 aromatic rings. The predicted octanol–water partition coefficient (Wildman–Crippen LogP) is -0.0246. The number of tetrazole rings is 1. The van der Waals surface area contributed by atoms with E-state index in [1.165, 1.54) is 36.0 Å². The van der Waals surface area contributed by atoms with E-state index in [0.717, 1.165) is 21.3 Å². The molecule has 3 heterocycles. The molecule has 4 N–H and O–H groups in total. The number of carbonyl (C=O) groups is 4. The van der Waals surface area contributed by atoms with E-state index in [0.29, 0.717) is 16.2 Å². The maximum absolute atomic E-state index is 12.8. The summed E-state index contributed by atoms with van der Waals surface area (Å²) in [7, 11) is 0. The van der Waals surface area contributed by atoms with Gasteiger partial charge >= 0.3 is 11.9 Å². The number of carboxylic acids is 2. The number of aliphatic carboxylic acids is 2. The molecule has 3 atom stereocenters. The van der Waals surface area contributed by atoms with E-state index in [2.05, 4.69) is 20.8 Å². The quantitative estimate of drug-likeness (QED) is 0.246. The van der Waals surface area contributed by atoms with Crippen LogP contribution in [0.3, 0.4) is 0 Å². The zero-order chi connectivity index (χ0) is 25.3. The summed E-state index contributed by atoms with van der Waals surface area (Å²) in [5.74, 6) is -3.50. The van der Waals surface area contributed by atoms with Gasteiger partial charge in [-0.3, -0.25) is 19.3 Å². The highest BCUT2D eigenvalue weighted by molar-refractivity contribution is 8.01. The van der Waals surface area contributed by atoms with Crippen molar-refractivity contribution in [3.05, 3.63) is 46.1 Å². The summed E-state index contributed by atoms with van der Waals surface area (Å²) in [5, 5.41) is 42.2. The highest BCUT2D eigenvalue weighted by Crippen LogP contribution is 2.41. The van der Waals surface area contributed by atoms with Gasteiger partial charge in [-0.1, -0.05) is 35.5 Å². The van der Waals surface area contributed by atoms with Crippen molar-refractivity contribution in [1.82, 2.24) is 30.4 Å². The summed E-state index contributed by atoms with van der Waals surface area (Å²) in [4.78, 5) is 49.3. The van der Waals surface area contributed by atoms with Gasteiger partial charge in [0.2, 0.25) is 5.16 Å². The van der Waals surface area contributed by atoms with Crippen molar-refractivity contribution in [1.29, 1.82) is 0 Å². The maximum Gasteiger partial charge on any atom is 0.352 e. The smallest absolute Gasteiger partial charge is 0.352 e. The highest BCUT2D eigenvalue weighted by Gasteiger charge is 2.54. The molecule has 1 unspecified atom stereocenters. The number of β-lactam (4-membered cyclic amide) rings is 1. The number of nitrogens with one attached hydrogen (secondary N) is 1. The monoisotopic (exact) mass is 540 g/mol. The SMILES string of the molecule is O=C(O)Cn1nnnc1SCC1=C(C(=O)O)N2C(=O)C(NC(=O)[C@H](O)c3ccc(Cl)cc3)[C@H]2SC1. The molecular weight excluding hydrogens is 524 g/mol. The van der Waals surface area contributed by atoms with E-state index in [1.807, 2.05) is 0 Å². The average molecular weight is 541 g/mol. The molecule has 1 aromatic heterocycles. The summed E-state index contributed by atoms with van der Waals surface area (Å²) in [5.41, 5.74) is 0.516. The van der Waals surface area contributed by atoms with Crippen LogP contribution in [0, 0.1) is 0 Å². The molecular formula is C19H17ClN6O7S2. The third-order valence-electron chi connectivity index (χ3n) is 5.14. The summed E-state index contributed by atoms with van der Waals surface area (Å²) in [6, 6.07) is 5.01. The minimum absolute atomic E-state index is 0.109. The van der Waals surface area contributed by atoms with Crippen LogP contribution in [0.1, 0.15) is 11.7 Å². The summed E-state index contributed by atoms with van der Waals surface area (Å²) in [6.07, 6.45) is -1.53. The Labute approximate surface area is 210 Å². The Morgan fingerprint density at radius 2 is 1.97 bits per heavy atom. The lowest BCUT2D eigenvalue weighted by Gasteiger charge is -2.49. The highest BCUT2D eigenvalue weighted by atomic mass is 35.5. The number of hydrogen-bond donors (Lipinski definition) is 4. The minimum Gasteiger partial charge on any atom is -0.480 e. The third-order valence-corrected chi connectivity index (χ3v) is 7.78. The molecule has 2 amide bonds. The van der Waals surface area contributed by atoms with Gasteiger partial charge in [0, 0.05) is 16.5 Å². The van der Waals surface area contributed by atoms with Crippen LogP contribution in [-0.2, 0) is 25.7 Å². The summed E-state index contributed by atoms with van der Waals surface area (Å²) in [6.45, 7) is -0.454. The van der Waals surface area contributed by atoms with Crippen LogP contribution in [0.4, 0.5) is 0 Å². The average Bonchev–Trinajstić information content (AvgIpc) is 3.26. The Hall–Kier alpha value is -3.14. The van der Waals surface area contributed by atoms with Crippen LogP contribution >= 0.6 is 35.1 Å². The zero-order valence-electron chi connectivity index (χ0n) is 17.6. The number of aliphatic hydroxyl groups is 1. The van der Waals surface area contributed by atoms with Crippen LogP contribution in [-0.4, -0.2) is 87.1 Å². The number of amides is 2. The maximum atomic E-state index is 12.8. The first-order valence-electron chi connectivity index (χ1n) is 9.92. The first kappa shape index (κ1) is 25.0. The molecule has 2 aliphatic heterocycles. The van der Waals surface area contributed by atoms with Gasteiger partial charge in [0.15, 0.2) is 6.10 Å². The number of fused-ring (bicyclic) bond motifs is 1. The molecule has 0 spiro atoms. The van der Waals surface area contributed by atoms with Crippen molar-refractivity contribution in [3.8, 4) is 0 Å². The second kappa shape index (κ2) is 10.2. The van der Waals surface area contributed by atoms with Gasteiger partial charge in [-0.2, -0.15) is 0 Å². The Bertz CT molecular complexity index is 1220. The van der Waals surface area contributed by atoms with Crippen molar-refractivity contribution in [3.63, 3.8) is 0 Å². The van der Waals surface area contributed by atoms with Gasteiger partial charge in [-0.25, -0.2) is 9.48 Å². The van der Waals surface area contributed by atoms with Crippen LogP contribution in [0.25, 0.3) is 0 Å². The molecule has 0 radical (unpaired) electrons. The lowest BCUT2D eigenvalue weighted by molar-refractivity contribution is -0.151. The lowest BCUT2D eigenvalue weighted by atomic mass is 10.0. The first-order chi connectivity index (χ1) is 16.7. The van der Waals surface area contributed by atoms with E-state index in [1.54, 1.807) is 0 Å². The van der Waals surface area contributed by atoms with E-state index < -0.39 is 47.8 Å². The molecule has 4 rings (SSSR count). The van der Waals surface area contributed by atoms with Gasteiger partial charge < -0.3 is 20.6 Å². The summed E-state index contributed by atoms with van der Waals surface area (Å²) < 4.78 is 1.07. The number of aliphatic hydroxyl groups excluding tert-OH is 1. The van der Waals surface area contributed by atoms with Crippen molar-refractivity contribution < 1.29 is 34.5 Å². The standard InChI is InChI=1S/C19H17ClN6O7S2/c20-10-3-1-8(2-4-10)14(29)15(30)21-12-16(31)26-13(18(32)33)9(6-34-17(12)26)7-35-19-22-23-24-25(19)5-11(27)28/h1-4,12,14,17,29H,5-7H2,(H,21,30)(H,27,28)(H,32,33)/t12?,14-,17-/m1/s1. The first-order valence-corrected chi connectivity index (χ1v) is 12.3. The number of hydrogen-bond acceptors (Lipinski definition) is 10. The number of halogens is 1. The number of benzene rings is 1. The number of nitrogens with zero attached hydrogens (tertiary/aromatic N) is 5. The topological polar surface area (TPSA) is 188 Å². The fourth-order valence-corrected chi connectivity index (χ4v) is 5.99. The molecule has 13 nitrogen and oxygen atoms in total. The Morgan fingerprint density at radius 3 is 2.63 bits per heavy atom. The number of carbonyl (C=O) groups excluding carboxylic acids is 2. The van der Waals surface area contributed by atoms with Crippen molar-refractivity contribution in [2.75, 3.05) is 11.5 Å². The Kier molecular flexibility index (Phi) is 7.30. The molecule has 184 valence electrons. The second-order valence-electron chi connectivity index (χ2n) is 7.41. The van der Waals surface area contributed by atoms with Crippen LogP contribution < -0.4 is 5.32 Å². The molecule has 2 aliphatic rings. The molecule has 35 heavy (non-hydrogen) atoms. The Balaban J connectivity index is 1.45. The fraction of sp³-hybridized carbons (Fsp3) is 0.316. The summed E-state index contributed by atoms with van der Waals surface area (Å²) >= 11 is 8.12. The van der Waals surface area contributed by atoms with Gasteiger partial charge in [0.25, 0.3) is 11.8 Å².